The molecule has 0 unspecified atom stereocenters. The van der Waals surface area contributed by atoms with Crippen LogP contribution in [0.1, 0.15) is 36.4 Å². The normalized spacial score (nSPS) is 11.9. The van der Waals surface area contributed by atoms with E-state index in [0.717, 1.165) is 22.7 Å². The van der Waals surface area contributed by atoms with Crippen molar-refractivity contribution in [1.82, 2.24) is 4.98 Å². The number of benzene rings is 2. The summed E-state index contributed by atoms with van der Waals surface area (Å²) in [6.07, 6.45) is -2.96. The molecule has 0 aliphatic rings. The van der Waals surface area contributed by atoms with E-state index in [0.29, 0.717) is 42.2 Å². The summed E-state index contributed by atoms with van der Waals surface area (Å²) in [7, 11) is 0. The Morgan fingerprint density at radius 3 is 2.42 bits per heavy atom. The van der Waals surface area contributed by atoms with Gasteiger partial charge in [-0.1, -0.05) is 12.1 Å². The smallest absolute Gasteiger partial charge is 0.416 e. The Morgan fingerprint density at radius 1 is 1.12 bits per heavy atom. The molecule has 0 aliphatic heterocycles. The van der Waals surface area contributed by atoms with Crippen molar-refractivity contribution in [3.63, 3.8) is 0 Å². The van der Waals surface area contributed by atoms with E-state index in [2.05, 4.69) is 4.98 Å². The molecule has 0 saturated carbocycles. The largest absolute Gasteiger partial charge is 0.494 e. The van der Waals surface area contributed by atoms with Crippen LogP contribution in [0.15, 0.2) is 47.8 Å². The molecule has 0 aliphatic carbocycles. The molecule has 0 radical (unpaired) electrons. The Balaban J connectivity index is 1.50. The van der Waals surface area contributed by atoms with E-state index in [-0.39, 0.29) is 0 Å². The zero-order chi connectivity index (χ0) is 24.2. The van der Waals surface area contributed by atoms with Crippen molar-refractivity contribution < 1.29 is 32.5 Å². The van der Waals surface area contributed by atoms with Gasteiger partial charge in [0.15, 0.2) is 5.60 Å². The number of aryl methyl sites for hydroxylation is 2. The molecule has 1 aromatic heterocycles. The zero-order valence-corrected chi connectivity index (χ0v) is 19.2. The second-order valence-electron chi connectivity index (χ2n) is 8.00. The number of alkyl halides is 3. The van der Waals surface area contributed by atoms with Crippen LogP contribution >= 0.6 is 11.3 Å². The molecule has 3 rings (SSSR count). The first kappa shape index (κ1) is 24.6. The van der Waals surface area contributed by atoms with Gasteiger partial charge in [-0.2, -0.15) is 13.2 Å². The summed E-state index contributed by atoms with van der Waals surface area (Å²) in [6, 6.07) is 10.2. The minimum Gasteiger partial charge on any atom is -0.494 e. The van der Waals surface area contributed by atoms with Crippen molar-refractivity contribution in [2.24, 2.45) is 0 Å². The monoisotopic (exact) mass is 479 g/mol. The van der Waals surface area contributed by atoms with E-state index < -0.39 is 23.3 Å². The van der Waals surface area contributed by atoms with Crippen LogP contribution in [0.5, 0.6) is 11.5 Å². The molecule has 9 heteroatoms. The molecular weight excluding hydrogens is 455 g/mol. The van der Waals surface area contributed by atoms with Crippen LogP contribution in [-0.2, 0) is 17.4 Å². The Bertz CT molecular complexity index is 1110. The average molecular weight is 480 g/mol. The fourth-order valence-electron chi connectivity index (χ4n) is 2.95. The highest BCUT2D eigenvalue weighted by molar-refractivity contribution is 7.09. The highest BCUT2D eigenvalue weighted by Gasteiger charge is 2.30. The van der Waals surface area contributed by atoms with Crippen LogP contribution in [0.3, 0.4) is 0 Å². The van der Waals surface area contributed by atoms with Gasteiger partial charge in [0.1, 0.15) is 11.5 Å². The summed E-state index contributed by atoms with van der Waals surface area (Å²) >= 11 is 1.46. The van der Waals surface area contributed by atoms with Gasteiger partial charge >= 0.3 is 12.1 Å². The SMILES string of the molecule is Cc1cc(OCCCc2nc(-c3ccc(C(F)(F)F)cc3)cs2)ccc1OC(C)(C)C(=O)O. The van der Waals surface area contributed by atoms with Crippen molar-refractivity contribution in [1.29, 1.82) is 0 Å². The van der Waals surface area contributed by atoms with Crippen molar-refractivity contribution >= 4 is 17.3 Å². The van der Waals surface area contributed by atoms with Gasteiger partial charge in [-0.3, -0.25) is 0 Å². The molecule has 0 saturated heterocycles. The maximum absolute atomic E-state index is 12.7. The van der Waals surface area contributed by atoms with Crippen LogP contribution in [0.2, 0.25) is 0 Å². The predicted octanol–water partition coefficient (Wildman–Crippen LogP) is 6.39. The van der Waals surface area contributed by atoms with E-state index in [1.54, 1.807) is 18.2 Å². The van der Waals surface area contributed by atoms with Crippen LogP contribution < -0.4 is 9.47 Å². The fraction of sp³-hybridized carbons (Fsp3) is 0.333. The van der Waals surface area contributed by atoms with Crippen LogP contribution in [0.25, 0.3) is 11.3 Å². The number of thiazole rings is 1. The molecule has 0 fully saturated rings. The molecule has 0 atom stereocenters. The molecule has 0 spiro atoms. The lowest BCUT2D eigenvalue weighted by Crippen LogP contribution is -2.38. The topological polar surface area (TPSA) is 68.7 Å². The fourth-order valence-corrected chi connectivity index (χ4v) is 3.80. The van der Waals surface area contributed by atoms with Crippen LogP contribution in [0, 0.1) is 6.92 Å². The number of carboxylic acid groups (broad SMARTS) is 1. The molecule has 2 aromatic carbocycles. The number of aliphatic carboxylic acids is 1. The number of ether oxygens (including phenoxy) is 2. The van der Waals surface area contributed by atoms with Crippen LogP contribution in [0.4, 0.5) is 13.2 Å². The van der Waals surface area contributed by atoms with E-state index in [9.17, 15) is 23.1 Å². The van der Waals surface area contributed by atoms with Gasteiger partial charge in [0.25, 0.3) is 0 Å². The van der Waals surface area contributed by atoms with Gasteiger partial charge in [0.05, 0.1) is 22.9 Å². The Hall–Kier alpha value is -3.07. The second-order valence-corrected chi connectivity index (χ2v) is 8.94. The van der Waals surface area contributed by atoms with E-state index in [1.807, 2.05) is 12.3 Å². The van der Waals surface area contributed by atoms with Crippen molar-refractivity contribution in [2.75, 3.05) is 6.61 Å². The van der Waals surface area contributed by atoms with E-state index in [4.69, 9.17) is 9.47 Å². The first-order valence-electron chi connectivity index (χ1n) is 10.2. The first-order valence-corrected chi connectivity index (χ1v) is 11.1. The van der Waals surface area contributed by atoms with E-state index in [1.165, 1.54) is 37.3 Å². The third kappa shape index (κ3) is 6.47. The molecule has 33 heavy (non-hydrogen) atoms. The highest BCUT2D eigenvalue weighted by Crippen LogP contribution is 2.31. The standard InChI is InChI=1S/C24H24F3NO4S/c1-15-13-18(10-11-20(15)32-23(2,3)22(29)30)31-12-4-5-21-28-19(14-33-21)16-6-8-17(9-7-16)24(25,26)27/h6-11,13-14H,4-5,12H2,1-3H3,(H,29,30). The lowest BCUT2D eigenvalue weighted by Gasteiger charge is -2.23. The second kappa shape index (κ2) is 9.82. The average Bonchev–Trinajstić information content (AvgIpc) is 3.21. The number of hydrogen-bond donors (Lipinski definition) is 1. The molecule has 1 heterocycles. The molecule has 0 amide bonds. The summed E-state index contributed by atoms with van der Waals surface area (Å²) in [6.45, 7) is 5.25. The molecule has 1 N–H and O–H groups in total. The summed E-state index contributed by atoms with van der Waals surface area (Å²) in [5.41, 5.74) is 0.0491. The molecular formula is C24H24F3NO4S. The minimum atomic E-state index is -4.35. The van der Waals surface area contributed by atoms with Crippen molar-refractivity contribution in [3.8, 4) is 22.8 Å². The Labute approximate surface area is 193 Å². The van der Waals surface area contributed by atoms with Gasteiger partial charge in [-0.05, 0) is 63.1 Å². The number of carbonyl (C=O) groups is 1. The number of carboxylic acids is 1. The van der Waals surface area contributed by atoms with Crippen molar-refractivity contribution in [2.45, 2.75) is 45.4 Å². The van der Waals surface area contributed by atoms with E-state index >= 15 is 0 Å². The highest BCUT2D eigenvalue weighted by atomic mass is 32.1. The number of halogens is 3. The van der Waals surface area contributed by atoms with Crippen LogP contribution in [-0.4, -0.2) is 28.3 Å². The predicted molar refractivity (Wildman–Crippen MR) is 120 cm³/mol. The lowest BCUT2D eigenvalue weighted by atomic mass is 10.1. The molecule has 176 valence electrons. The van der Waals surface area contributed by atoms with Crippen molar-refractivity contribution in [3.05, 3.63) is 64.0 Å². The minimum absolute atomic E-state index is 0.454. The van der Waals surface area contributed by atoms with Gasteiger partial charge < -0.3 is 14.6 Å². The zero-order valence-electron chi connectivity index (χ0n) is 18.4. The summed E-state index contributed by atoms with van der Waals surface area (Å²) < 4.78 is 49.5. The van der Waals surface area contributed by atoms with Gasteiger partial charge in [-0.15, -0.1) is 11.3 Å². The summed E-state index contributed by atoms with van der Waals surface area (Å²) in [5.74, 6) is 0.0804. The van der Waals surface area contributed by atoms with Gasteiger partial charge in [0, 0.05) is 17.4 Å². The quantitative estimate of drug-likeness (QED) is 0.360. The maximum Gasteiger partial charge on any atom is 0.416 e. The summed E-state index contributed by atoms with van der Waals surface area (Å²) in [4.78, 5) is 15.7. The molecule has 0 bridgehead atoms. The Morgan fingerprint density at radius 2 is 1.82 bits per heavy atom. The number of rotatable bonds is 9. The number of aromatic nitrogens is 1. The third-order valence-corrected chi connectivity index (χ3v) is 5.80. The third-order valence-electron chi connectivity index (χ3n) is 4.89. The lowest BCUT2D eigenvalue weighted by molar-refractivity contribution is -0.152. The molecule has 5 nitrogen and oxygen atoms in total. The number of nitrogens with zero attached hydrogens (tertiary/aromatic N) is 1. The maximum atomic E-state index is 12.7. The first-order chi connectivity index (χ1) is 15.5. The van der Waals surface area contributed by atoms with Gasteiger partial charge in [-0.25, -0.2) is 9.78 Å². The molecule has 3 aromatic rings. The number of hydrogen-bond acceptors (Lipinski definition) is 5. The van der Waals surface area contributed by atoms with Gasteiger partial charge in [0.2, 0.25) is 0 Å². The Kier molecular flexibility index (Phi) is 7.31. The summed E-state index contributed by atoms with van der Waals surface area (Å²) in [5, 5.41) is 11.9.